The van der Waals surface area contributed by atoms with Crippen LogP contribution in [0.2, 0.25) is 0 Å². The molecule has 0 rings (SSSR count). The molecule has 0 spiro atoms. The van der Waals surface area contributed by atoms with Crippen LogP contribution in [-0.2, 0) is 14.3 Å². The van der Waals surface area contributed by atoms with E-state index in [-0.39, 0.29) is 11.9 Å². The van der Waals surface area contributed by atoms with Gasteiger partial charge >= 0.3 is 5.97 Å². The predicted molar refractivity (Wildman–Crippen MR) is 64.4 cm³/mol. The van der Waals surface area contributed by atoms with E-state index in [1.54, 1.807) is 0 Å². The number of rotatable bonds is 7. The first-order chi connectivity index (χ1) is 7.37. The number of carbonyl (C=O) groups is 1. The van der Waals surface area contributed by atoms with Gasteiger partial charge in [-0.3, -0.25) is 4.79 Å². The van der Waals surface area contributed by atoms with Gasteiger partial charge in [0.15, 0.2) is 0 Å². The van der Waals surface area contributed by atoms with Gasteiger partial charge < -0.3 is 14.8 Å². The topological polar surface area (TPSA) is 47.6 Å². The molecule has 16 heavy (non-hydrogen) atoms. The van der Waals surface area contributed by atoms with Crippen LogP contribution in [0.5, 0.6) is 0 Å². The SMILES string of the molecule is CCOCCNCC(C)C(=O)OC(C)(C)C. The number of nitrogens with one attached hydrogen (secondary N) is 1. The molecule has 0 heterocycles. The summed E-state index contributed by atoms with van der Waals surface area (Å²) < 4.78 is 10.4. The van der Waals surface area contributed by atoms with Gasteiger partial charge in [0, 0.05) is 19.7 Å². The second kappa shape index (κ2) is 7.63. The molecule has 0 aromatic heterocycles. The van der Waals surface area contributed by atoms with Gasteiger partial charge in [0.05, 0.1) is 12.5 Å². The highest BCUT2D eigenvalue weighted by molar-refractivity contribution is 5.72. The molecule has 0 bridgehead atoms. The first kappa shape index (κ1) is 15.4. The second-order valence-electron chi connectivity index (χ2n) is 4.84. The van der Waals surface area contributed by atoms with Crippen LogP contribution in [-0.4, -0.2) is 37.9 Å². The Hall–Kier alpha value is -0.610. The van der Waals surface area contributed by atoms with Crippen LogP contribution < -0.4 is 5.32 Å². The summed E-state index contributed by atoms with van der Waals surface area (Å²) in [6.45, 7) is 12.2. The Morgan fingerprint density at radius 1 is 1.38 bits per heavy atom. The molecule has 0 fully saturated rings. The van der Waals surface area contributed by atoms with E-state index in [1.165, 1.54) is 0 Å². The smallest absolute Gasteiger partial charge is 0.310 e. The first-order valence-electron chi connectivity index (χ1n) is 5.88. The molecule has 0 radical (unpaired) electrons. The molecule has 4 nitrogen and oxygen atoms in total. The Kier molecular flexibility index (Phi) is 7.34. The summed E-state index contributed by atoms with van der Waals surface area (Å²) >= 11 is 0. The quantitative estimate of drug-likeness (QED) is 0.534. The van der Waals surface area contributed by atoms with Crippen LogP contribution in [0.3, 0.4) is 0 Å². The number of hydrogen-bond donors (Lipinski definition) is 1. The third kappa shape index (κ3) is 8.68. The van der Waals surface area contributed by atoms with Crippen molar-refractivity contribution in [2.24, 2.45) is 5.92 Å². The first-order valence-corrected chi connectivity index (χ1v) is 5.88. The van der Waals surface area contributed by atoms with Crippen molar-refractivity contribution in [1.29, 1.82) is 0 Å². The molecule has 0 aliphatic rings. The predicted octanol–water partition coefficient (Wildman–Crippen LogP) is 1.59. The van der Waals surface area contributed by atoms with E-state index in [9.17, 15) is 4.79 Å². The normalized spacial score (nSPS) is 13.6. The van der Waals surface area contributed by atoms with Crippen LogP contribution in [0.15, 0.2) is 0 Å². The van der Waals surface area contributed by atoms with Crippen LogP contribution in [0, 0.1) is 5.92 Å². The van der Waals surface area contributed by atoms with E-state index in [0.29, 0.717) is 13.2 Å². The monoisotopic (exact) mass is 231 g/mol. The molecule has 0 aliphatic carbocycles. The lowest BCUT2D eigenvalue weighted by Gasteiger charge is -2.22. The summed E-state index contributed by atoms with van der Waals surface area (Å²) in [4.78, 5) is 11.6. The zero-order valence-corrected chi connectivity index (χ0v) is 11.1. The van der Waals surface area contributed by atoms with Crippen molar-refractivity contribution in [1.82, 2.24) is 5.32 Å². The van der Waals surface area contributed by atoms with Gasteiger partial charge in [-0.05, 0) is 27.7 Å². The maximum atomic E-state index is 11.6. The standard InChI is InChI=1S/C12H25NO3/c1-6-15-8-7-13-9-10(2)11(14)16-12(3,4)5/h10,13H,6-9H2,1-5H3. The van der Waals surface area contributed by atoms with Gasteiger partial charge in [-0.2, -0.15) is 0 Å². The summed E-state index contributed by atoms with van der Waals surface area (Å²) in [7, 11) is 0. The largest absolute Gasteiger partial charge is 0.460 e. The van der Waals surface area contributed by atoms with Gasteiger partial charge in [0.2, 0.25) is 0 Å². The third-order valence-corrected chi connectivity index (χ3v) is 1.89. The minimum Gasteiger partial charge on any atom is -0.460 e. The van der Waals surface area contributed by atoms with Gasteiger partial charge in [0.25, 0.3) is 0 Å². The highest BCUT2D eigenvalue weighted by Crippen LogP contribution is 2.10. The number of carbonyl (C=O) groups excluding carboxylic acids is 1. The van der Waals surface area contributed by atoms with Crippen molar-refractivity contribution in [2.75, 3.05) is 26.3 Å². The molecular formula is C12H25NO3. The van der Waals surface area contributed by atoms with E-state index in [4.69, 9.17) is 9.47 Å². The Morgan fingerprint density at radius 3 is 2.50 bits per heavy atom. The highest BCUT2D eigenvalue weighted by atomic mass is 16.6. The molecule has 4 heteroatoms. The molecular weight excluding hydrogens is 206 g/mol. The number of hydrogen-bond acceptors (Lipinski definition) is 4. The Bertz CT molecular complexity index is 199. The average molecular weight is 231 g/mol. The van der Waals surface area contributed by atoms with Crippen molar-refractivity contribution < 1.29 is 14.3 Å². The van der Waals surface area contributed by atoms with Crippen molar-refractivity contribution in [3.63, 3.8) is 0 Å². The molecule has 0 aromatic carbocycles. The van der Waals surface area contributed by atoms with E-state index >= 15 is 0 Å². The van der Waals surface area contributed by atoms with Crippen molar-refractivity contribution >= 4 is 5.97 Å². The van der Waals surface area contributed by atoms with E-state index in [1.807, 2.05) is 34.6 Å². The van der Waals surface area contributed by atoms with Crippen molar-refractivity contribution in [3.05, 3.63) is 0 Å². The molecule has 0 saturated heterocycles. The lowest BCUT2D eigenvalue weighted by atomic mass is 10.1. The van der Waals surface area contributed by atoms with Crippen LogP contribution in [0.1, 0.15) is 34.6 Å². The maximum absolute atomic E-state index is 11.6. The number of ether oxygens (including phenoxy) is 2. The zero-order chi connectivity index (χ0) is 12.6. The minimum absolute atomic E-state index is 0.124. The summed E-state index contributed by atoms with van der Waals surface area (Å²) in [5.41, 5.74) is -0.406. The van der Waals surface area contributed by atoms with Crippen LogP contribution in [0.25, 0.3) is 0 Å². The van der Waals surface area contributed by atoms with E-state index < -0.39 is 5.60 Å². The summed E-state index contributed by atoms with van der Waals surface area (Å²) in [5, 5.41) is 3.16. The molecule has 0 saturated carbocycles. The Labute approximate surface area is 98.7 Å². The van der Waals surface area contributed by atoms with Gasteiger partial charge in [-0.1, -0.05) is 6.92 Å². The Balaban J connectivity index is 3.64. The van der Waals surface area contributed by atoms with Crippen molar-refractivity contribution in [2.45, 2.75) is 40.2 Å². The fourth-order valence-electron chi connectivity index (χ4n) is 1.09. The Morgan fingerprint density at radius 2 is 2.00 bits per heavy atom. The molecule has 1 atom stereocenters. The molecule has 96 valence electrons. The van der Waals surface area contributed by atoms with E-state index in [2.05, 4.69) is 5.32 Å². The summed E-state index contributed by atoms with van der Waals surface area (Å²) in [5.74, 6) is -0.280. The van der Waals surface area contributed by atoms with Crippen LogP contribution >= 0.6 is 0 Å². The highest BCUT2D eigenvalue weighted by Gasteiger charge is 2.21. The third-order valence-electron chi connectivity index (χ3n) is 1.89. The fraction of sp³-hybridized carbons (Fsp3) is 0.917. The summed E-state index contributed by atoms with van der Waals surface area (Å²) in [6, 6.07) is 0. The summed E-state index contributed by atoms with van der Waals surface area (Å²) in [6.07, 6.45) is 0. The lowest BCUT2D eigenvalue weighted by molar-refractivity contribution is -0.159. The molecule has 0 amide bonds. The maximum Gasteiger partial charge on any atom is 0.310 e. The van der Waals surface area contributed by atoms with Gasteiger partial charge in [-0.15, -0.1) is 0 Å². The van der Waals surface area contributed by atoms with Gasteiger partial charge in [-0.25, -0.2) is 0 Å². The number of esters is 1. The van der Waals surface area contributed by atoms with Crippen LogP contribution in [0.4, 0.5) is 0 Å². The van der Waals surface area contributed by atoms with Crippen molar-refractivity contribution in [3.8, 4) is 0 Å². The molecule has 0 aliphatic heterocycles. The van der Waals surface area contributed by atoms with Gasteiger partial charge in [0.1, 0.15) is 5.60 Å². The average Bonchev–Trinajstić information content (AvgIpc) is 2.14. The lowest BCUT2D eigenvalue weighted by Crippen LogP contribution is -2.34. The molecule has 0 aromatic rings. The molecule has 1 unspecified atom stereocenters. The second-order valence-corrected chi connectivity index (χ2v) is 4.84. The molecule has 1 N–H and O–H groups in total. The minimum atomic E-state index is -0.406. The van der Waals surface area contributed by atoms with E-state index in [0.717, 1.165) is 13.2 Å². The zero-order valence-electron chi connectivity index (χ0n) is 11.1. The fourth-order valence-corrected chi connectivity index (χ4v) is 1.09.